The second-order valence-corrected chi connectivity index (χ2v) is 5.37. The van der Waals surface area contributed by atoms with Gasteiger partial charge in [-0.3, -0.25) is 0 Å². The Labute approximate surface area is 99.3 Å². The van der Waals surface area contributed by atoms with E-state index < -0.39 is 0 Å². The molecule has 0 heterocycles. The van der Waals surface area contributed by atoms with E-state index in [0.717, 1.165) is 0 Å². The van der Waals surface area contributed by atoms with E-state index in [1.807, 2.05) is 0 Å². The summed E-state index contributed by atoms with van der Waals surface area (Å²) in [6.07, 6.45) is 5.14. The van der Waals surface area contributed by atoms with Gasteiger partial charge in [0.15, 0.2) is 0 Å². The standard InChI is InChI=1S/C15H23N/c1-4-6-12-7-5-8-13(11-12)14(16-3)15(2)9-10-15/h5,7-8,11,14,16H,4,6,9-10H2,1-3H3. The first-order chi connectivity index (χ1) is 7.69. The molecule has 88 valence electrons. The van der Waals surface area contributed by atoms with Gasteiger partial charge in [-0.2, -0.15) is 0 Å². The second kappa shape index (κ2) is 4.58. The van der Waals surface area contributed by atoms with Gasteiger partial charge in [0.1, 0.15) is 0 Å². The van der Waals surface area contributed by atoms with E-state index in [-0.39, 0.29) is 0 Å². The lowest BCUT2D eigenvalue weighted by atomic mass is 9.90. The van der Waals surface area contributed by atoms with E-state index in [1.165, 1.54) is 36.8 Å². The van der Waals surface area contributed by atoms with Gasteiger partial charge < -0.3 is 5.32 Å². The van der Waals surface area contributed by atoms with Gasteiger partial charge in [-0.1, -0.05) is 44.5 Å². The molecule has 1 aromatic carbocycles. The molecule has 2 rings (SSSR count). The molecule has 1 aliphatic rings. The van der Waals surface area contributed by atoms with Gasteiger partial charge in [0, 0.05) is 6.04 Å². The van der Waals surface area contributed by atoms with E-state index in [1.54, 1.807) is 0 Å². The minimum absolute atomic E-state index is 0.500. The lowest BCUT2D eigenvalue weighted by Crippen LogP contribution is -2.24. The number of hydrogen-bond acceptors (Lipinski definition) is 1. The molecule has 0 aromatic heterocycles. The molecule has 16 heavy (non-hydrogen) atoms. The Hall–Kier alpha value is -0.820. The minimum Gasteiger partial charge on any atom is -0.313 e. The summed E-state index contributed by atoms with van der Waals surface area (Å²) in [6, 6.07) is 9.63. The largest absolute Gasteiger partial charge is 0.313 e. The Morgan fingerprint density at radius 1 is 1.38 bits per heavy atom. The van der Waals surface area contributed by atoms with Crippen molar-refractivity contribution in [2.75, 3.05) is 7.05 Å². The van der Waals surface area contributed by atoms with Crippen molar-refractivity contribution in [1.29, 1.82) is 0 Å². The predicted octanol–water partition coefficient (Wildman–Crippen LogP) is 3.70. The maximum absolute atomic E-state index is 3.49. The number of benzene rings is 1. The smallest absolute Gasteiger partial charge is 0.0372 e. The van der Waals surface area contributed by atoms with Gasteiger partial charge in [-0.05, 0) is 42.9 Å². The molecule has 0 bridgehead atoms. The van der Waals surface area contributed by atoms with Crippen LogP contribution in [0.3, 0.4) is 0 Å². The molecule has 0 amide bonds. The topological polar surface area (TPSA) is 12.0 Å². The van der Waals surface area contributed by atoms with Crippen molar-refractivity contribution in [1.82, 2.24) is 5.32 Å². The van der Waals surface area contributed by atoms with Gasteiger partial charge in [0.25, 0.3) is 0 Å². The van der Waals surface area contributed by atoms with Gasteiger partial charge in [0.2, 0.25) is 0 Å². The molecule has 1 atom stereocenters. The summed E-state index contributed by atoms with van der Waals surface area (Å²) in [5, 5.41) is 3.49. The number of rotatable bonds is 5. The molecule has 0 spiro atoms. The molecule has 1 saturated carbocycles. The first-order valence-corrected chi connectivity index (χ1v) is 6.46. The molecule has 1 heteroatoms. The quantitative estimate of drug-likeness (QED) is 0.793. The van der Waals surface area contributed by atoms with Crippen molar-refractivity contribution in [3.05, 3.63) is 35.4 Å². The van der Waals surface area contributed by atoms with Crippen LogP contribution >= 0.6 is 0 Å². The average molecular weight is 217 g/mol. The Kier molecular flexibility index (Phi) is 3.34. The highest BCUT2D eigenvalue weighted by Crippen LogP contribution is 2.54. The van der Waals surface area contributed by atoms with Crippen LogP contribution in [0.5, 0.6) is 0 Å². The fourth-order valence-corrected chi connectivity index (χ4v) is 2.62. The van der Waals surface area contributed by atoms with E-state index >= 15 is 0 Å². The molecular formula is C15H23N. The SMILES string of the molecule is CCCc1cccc(C(NC)C2(C)CC2)c1. The summed E-state index contributed by atoms with van der Waals surface area (Å²) < 4.78 is 0. The first-order valence-electron chi connectivity index (χ1n) is 6.46. The Balaban J connectivity index is 2.21. The van der Waals surface area contributed by atoms with Crippen molar-refractivity contribution in [3.63, 3.8) is 0 Å². The maximum atomic E-state index is 3.49. The van der Waals surface area contributed by atoms with Crippen molar-refractivity contribution in [2.24, 2.45) is 5.41 Å². The number of aryl methyl sites for hydroxylation is 1. The zero-order chi connectivity index (χ0) is 11.6. The lowest BCUT2D eigenvalue weighted by molar-refractivity contribution is 0.390. The third kappa shape index (κ3) is 2.30. The highest BCUT2D eigenvalue weighted by molar-refractivity contribution is 5.29. The summed E-state index contributed by atoms with van der Waals surface area (Å²) >= 11 is 0. The van der Waals surface area contributed by atoms with Crippen molar-refractivity contribution >= 4 is 0 Å². The van der Waals surface area contributed by atoms with Crippen LogP contribution in [0.2, 0.25) is 0 Å². The second-order valence-electron chi connectivity index (χ2n) is 5.37. The average Bonchev–Trinajstić information content (AvgIpc) is 2.99. The molecule has 0 aliphatic heterocycles. The third-order valence-electron chi connectivity index (χ3n) is 3.85. The van der Waals surface area contributed by atoms with E-state index in [2.05, 4.69) is 50.5 Å². The number of hydrogen-bond donors (Lipinski definition) is 1. The summed E-state index contributed by atoms with van der Waals surface area (Å²) in [7, 11) is 2.08. The molecule has 1 unspecified atom stereocenters. The molecule has 1 aliphatic carbocycles. The van der Waals surface area contributed by atoms with Crippen LogP contribution in [-0.2, 0) is 6.42 Å². The van der Waals surface area contributed by atoms with Crippen LogP contribution in [0.15, 0.2) is 24.3 Å². The third-order valence-corrected chi connectivity index (χ3v) is 3.85. The van der Waals surface area contributed by atoms with Gasteiger partial charge in [-0.15, -0.1) is 0 Å². The van der Waals surface area contributed by atoms with Crippen LogP contribution in [0, 0.1) is 5.41 Å². The zero-order valence-electron chi connectivity index (χ0n) is 10.7. The fraction of sp³-hybridized carbons (Fsp3) is 0.600. The normalized spacial score (nSPS) is 19.4. The van der Waals surface area contributed by atoms with Gasteiger partial charge in [0.05, 0.1) is 0 Å². The monoisotopic (exact) mass is 217 g/mol. The molecule has 0 radical (unpaired) electrons. The van der Waals surface area contributed by atoms with Crippen LogP contribution in [0.4, 0.5) is 0 Å². The zero-order valence-corrected chi connectivity index (χ0v) is 10.7. The summed E-state index contributed by atoms with van der Waals surface area (Å²) in [5.74, 6) is 0. The first kappa shape index (κ1) is 11.7. The van der Waals surface area contributed by atoms with Crippen molar-refractivity contribution in [3.8, 4) is 0 Å². The van der Waals surface area contributed by atoms with Crippen LogP contribution in [-0.4, -0.2) is 7.05 Å². The Morgan fingerprint density at radius 3 is 2.69 bits per heavy atom. The van der Waals surface area contributed by atoms with Crippen molar-refractivity contribution < 1.29 is 0 Å². The summed E-state index contributed by atoms with van der Waals surface area (Å²) in [6.45, 7) is 4.63. The molecule has 0 saturated heterocycles. The predicted molar refractivity (Wildman–Crippen MR) is 69.6 cm³/mol. The molecule has 1 fully saturated rings. The van der Waals surface area contributed by atoms with E-state index in [0.29, 0.717) is 11.5 Å². The lowest BCUT2D eigenvalue weighted by Gasteiger charge is -2.24. The van der Waals surface area contributed by atoms with Gasteiger partial charge >= 0.3 is 0 Å². The Morgan fingerprint density at radius 2 is 2.12 bits per heavy atom. The minimum atomic E-state index is 0.500. The summed E-state index contributed by atoms with van der Waals surface area (Å²) in [4.78, 5) is 0. The Bertz CT molecular complexity index is 352. The number of nitrogens with one attached hydrogen (secondary N) is 1. The van der Waals surface area contributed by atoms with E-state index in [4.69, 9.17) is 0 Å². The van der Waals surface area contributed by atoms with Crippen LogP contribution < -0.4 is 5.32 Å². The molecule has 1 nitrogen and oxygen atoms in total. The van der Waals surface area contributed by atoms with Crippen LogP contribution in [0.1, 0.15) is 50.3 Å². The molecular weight excluding hydrogens is 194 g/mol. The fourth-order valence-electron chi connectivity index (χ4n) is 2.62. The van der Waals surface area contributed by atoms with Crippen molar-refractivity contribution in [2.45, 2.75) is 45.6 Å². The molecule has 1 aromatic rings. The summed E-state index contributed by atoms with van der Waals surface area (Å²) in [5.41, 5.74) is 3.44. The molecule has 1 N–H and O–H groups in total. The van der Waals surface area contributed by atoms with Gasteiger partial charge in [-0.25, -0.2) is 0 Å². The highest BCUT2D eigenvalue weighted by atomic mass is 14.9. The maximum Gasteiger partial charge on any atom is 0.0372 e. The van der Waals surface area contributed by atoms with Crippen LogP contribution in [0.25, 0.3) is 0 Å². The van der Waals surface area contributed by atoms with E-state index in [9.17, 15) is 0 Å². The highest BCUT2D eigenvalue weighted by Gasteiger charge is 2.44.